The molecular formula is C15H8ClF3N4O3. The van der Waals surface area contributed by atoms with E-state index in [-0.39, 0.29) is 22.5 Å². The molecule has 0 atom stereocenters. The minimum atomic E-state index is -4.78. The smallest absolute Gasteiger partial charge is 0.406 e. The van der Waals surface area contributed by atoms with Crippen molar-refractivity contribution in [3.63, 3.8) is 0 Å². The minimum absolute atomic E-state index is 0.0251. The molecule has 0 amide bonds. The molecule has 0 aliphatic carbocycles. The molecule has 134 valence electrons. The molecule has 1 heterocycles. The molecule has 0 saturated carbocycles. The minimum Gasteiger partial charge on any atom is -0.406 e. The largest absolute Gasteiger partial charge is 0.573 e. The van der Waals surface area contributed by atoms with Gasteiger partial charge in [0, 0.05) is 17.7 Å². The molecule has 2 aromatic carbocycles. The summed E-state index contributed by atoms with van der Waals surface area (Å²) < 4.78 is 41.6. The highest BCUT2D eigenvalue weighted by Gasteiger charge is 2.31. The van der Waals surface area contributed by atoms with Gasteiger partial charge >= 0.3 is 6.36 Å². The van der Waals surface area contributed by atoms with Crippen LogP contribution in [0, 0.1) is 10.1 Å². The summed E-state index contributed by atoms with van der Waals surface area (Å²) in [4.78, 5) is 14.2. The quantitative estimate of drug-likeness (QED) is 0.492. The number of hydrogen-bond donors (Lipinski definition) is 0. The summed E-state index contributed by atoms with van der Waals surface area (Å²) in [7, 11) is 0. The summed E-state index contributed by atoms with van der Waals surface area (Å²) in [5.74, 6) is -0.173. The second-order valence-corrected chi connectivity index (χ2v) is 5.30. The number of ether oxygens (including phenoxy) is 1. The fraction of sp³-hybridized carbons (Fsp3) is 0.0667. The van der Waals surface area contributed by atoms with Crippen molar-refractivity contribution in [3.05, 3.63) is 63.9 Å². The van der Waals surface area contributed by atoms with Crippen molar-refractivity contribution in [2.45, 2.75) is 6.36 Å². The Bertz CT molecular complexity index is 940. The first-order chi connectivity index (χ1) is 12.2. The van der Waals surface area contributed by atoms with E-state index < -0.39 is 11.3 Å². The maximum Gasteiger partial charge on any atom is 0.573 e. The van der Waals surface area contributed by atoms with Crippen LogP contribution in [0.3, 0.4) is 0 Å². The maximum atomic E-state index is 12.2. The zero-order chi connectivity index (χ0) is 18.9. The summed E-state index contributed by atoms with van der Waals surface area (Å²) in [6, 6.07) is 10.4. The highest BCUT2D eigenvalue weighted by Crippen LogP contribution is 2.26. The summed E-state index contributed by atoms with van der Waals surface area (Å²) in [5, 5.41) is 14.8. The van der Waals surface area contributed by atoms with Gasteiger partial charge in [-0.3, -0.25) is 10.1 Å². The van der Waals surface area contributed by atoms with Gasteiger partial charge in [-0.2, -0.15) is 4.98 Å². The van der Waals surface area contributed by atoms with Gasteiger partial charge in [0.15, 0.2) is 5.82 Å². The normalized spacial score (nSPS) is 11.4. The Hall–Kier alpha value is -3.14. The lowest BCUT2D eigenvalue weighted by Gasteiger charge is -2.09. The Morgan fingerprint density at radius 1 is 1.08 bits per heavy atom. The van der Waals surface area contributed by atoms with Crippen LogP contribution in [-0.4, -0.2) is 26.1 Å². The van der Waals surface area contributed by atoms with Gasteiger partial charge in [-0.1, -0.05) is 0 Å². The summed E-state index contributed by atoms with van der Waals surface area (Å²) in [5.41, 5.74) is 0.776. The van der Waals surface area contributed by atoms with Gasteiger partial charge in [-0.25, -0.2) is 4.68 Å². The molecule has 26 heavy (non-hydrogen) atoms. The SMILES string of the molecule is O=[N+]([O-])c1ccc(-c2nc(Cl)n(-c3ccc(OC(F)(F)F)cc3)n2)cc1. The van der Waals surface area contributed by atoms with Crippen LogP contribution < -0.4 is 4.74 Å². The number of alkyl halides is 3. The molecule has 1 aromatic heterocycles. The van der Waals surface area contributed by atoms with Gasteiger partial charge in [-0.05, 0) is 48.0 Å². The predicted octanol–water partition coefficient (Wildman–Crippen LogP) is 4.39. The number of hydrogen-bond acceptors (Lipinski definition) is 5. The zero-order valence-electron chi connectivity index (χ0n) is 12.6. The van der Waals surface area contributed by atoms with E-state index in [0.29, 0.717) is 11.3 Å². The highest BCUT2D eigenvalue weighted by atomic mass is 35.5. The molecule has 0 saturated heterocycles. The monoisotopic (exact) mass is 384 g/mol. The van der Waals surface area contributed by atoms with Crippen LogP contribution >= 0.6 is 11.6 Å². The molecule has 0 bridgehead atoms. The lowest BCUT2D eigenvalue weighted by atomic mass is 10.2. The van der Waals surface area contributed by atoms with Crippen molar-refractivity contribution in [2.75, 3.05) is 0 Å². The molecule has 0 radical (unpaired) electrons. The Morgan fingerprint density at radius 2 is 1.69 bits per heavy atom. The van der Waals surface area contributed by atoms with Crippen LogP contribution in [0.1, 0.15) is 0 Å². The molecule has 0 fully saturated rings. The lowest BCUT2D eigenvalue weighted by molar-refractivity contribution is -0.384. The number of nitro groups is 1. The average Bonchev–Trinajstić information content (AvgIpc) is 2.96. The zero-order valence-corrected chi connectivity index (χ0v) is 13.4. The number of nitrogens with zero attached hydrogens (tertiary/aromatic N) is 4. The van der Waals surface area contributed by atoms with Gasteiger partial charge in [0.1, 0.15) is 5.75 Å². The lowest BCUT2D eigenvalue weighted by Crippen LogP contribution is -2.17. The van der Waals surface area contributed by atoms with E-state index in [2.05, 4.69) is 14.8 Å². The number of nitro benzene ring substituents is 1. The van der Waals surface area contributed by atoms with Crippen LogP contribution in [0.2, 0.25) is 5.28 Å². The molecule has 0 unspecified atom stereocenters. The standard InChI is InChI=1S/C15H8ClF3N4O3/c16-14-20-13(9-1-3-11(4-2-9)23(24)25)21-22(14)10-5-7-12(8-6-10)26-15(17,18)19/h1-8H. The van der Waals surface area contributed by atoms with Crippen LogP contribution in [0.5, 0.6) is 5.75 Å². The molecule has 3 aromatic rings. The van der Waals surface area contributed by atoms with Crippen molar-refractivity contribution in [1.29, 1.82) is 0 Å². The average molecular weight is 385 g/mol. The topological polar surface area (TPSA) is 83.1 Å². The summed E-state index contributed by atoms with van der Waals surface area (Å²) >= 11 is 6.03. The summed E-state index contributed by atoms with van der Waals surface area (Å²) in [6.45, 7) is 0. The second-order valence-electron chi connectivity index (χ2n) is 4.96. The number of rotatable bonds is 4. The summed E-state index contributed by atoms with van der Waals surface area (Å²) in [6.07, 6.45) is -4.78. The first-order valence-electron chi connectivity index (χ1n) is 6.96. The Labute approximate surface area is 148 Å². The van der Waals surface area contributed by atoms with Crippen molar-refractivity contribution in [3.8, 4) is 22.8 Å². The van der Waals surface area contributed by atoms with Gasteiger partial charge < -0.3 is 4.74 Å². The molecule has 0 aliphatic rings. The molecule has 7 nitrogen and oxygen atoms in total. The second kappa shape index (κ2) is 6.64. The van der Waals surface area contributed by atoms with Gasteiger partial charge in [0.25, 0.3) is 5.69 Å². The van der Waals surface area contributed by atoms with E-state index in [1.807, 2.05) is 0 Å². The van der Waals surface area contributed by atoms with Gasteiger partial charge in [0.05, 0.1) is 10.6 Å². The van der Waals surface area contributed by atoms with Crippen LogP contribution in [-0.2, 0) is 0 Å². The first kappa shape index (κ1) is 17.7. The number of benzene rings is 2. The molecule has 3 rings (SSSR count). The first-order valence-corrected chi connectivity index (χ1v) is 7.34. The molecule has 0 spiro atoms. The highest BCUT2D eigenvalue weighted by molar-refractivity contribution is 6.28. The number of non-ortho nitro benzene ring substituents is 1. The van der Waals surface area contributed by atoms with E-state index in [9.17, 15) is 23.3 Å². The molecule has 0 N–H and O–H groups in total. The third-order valence-corrected chi connectivity index (χ3v) is 3.46. The van der Waals surface area contributed by atoms with Crippen molar-refractivity contribution in [1.82, 2.24) is 14.8 Å². The predicted molar refractivity (Wildman–Crippen MR) is 85.1 cm³/mol. The van der Waals surface area contributed by atoms with Crippen molar-refractivity contribution < 1.29 is 22.8 Å². The Kier molecular flexibility index (Phi) is 4.51. The van der Waals surface area contributed by atoms with E-state index in [1.54, 1.807) is 0 Å². The third-order valence-electron chi connectivity index (χ3n) is 3.22. The maximum absolute atomic E-state index is 12.2. The molecule has 11 heteroatoms. The van der Waals surface area contributed by atoms with E-state index >= 15 is 0 Å². The van der Waals surface area contributed by atoms with Crippen molar-refractivity contribution >= 4 is 17.3 Å². The van der Waals surface area contributed by atoms with Crippen LogP contribution in [0.15, 0.2) is 48.5 Å². The third kappa shape index (κ3) is 3.91. The van der Waals surface area contributed by atoms with Crippen LogP contribution in [0.25, 0.3) is 17.1 Å². The van der Waals surface area contributed by atoms with E-state index in [1.165, 1.54) is 41.1 Å². The Balaban J connectivity index is 1.87. The van der Waals surface area contributed by atoms with Gasteiger partial charge in [0.2, 0.25) is 5.28 Å². The Morgan fingerprint density at radius 3 is 2.23 bits per heavy atom. The number of aromatic nitrogens is 3. The molecule has 0 aliphatic heterocycles. The van der Waals surface area contributed by atoms with E-state index in [0.717, 1.165) is 12.1 Å². The van der Waals surface area contributed by atoms with E-state index in [4.69, 9.17) is 11.6 Å². The fourth-order valence-corrected chi connectivity index (χ4v) is 2.32. The van der Waals surface area contributed by atoms with Crippen molar-refractivity contribution in [2.24, 2.45) is 0 Å². The molecular weight excluding hydrogens is 377 g/mol. The fourth-order valence-electron chi connectivity index (χ4n) is 2.10. The van der Waals surface area contributed by atoms with Gasteiger partial charge in [-0.15, -0.1) is 18.3 Å². The van der Waals surface area contributed by atoms with Crippen LogP contribution in [0.4, 0.5) is 18.9 Å². The number of halogens is 4.